The molecule has 0 bridgehead atoms. The maximum Gasteiger partial charge on any atom is 0.163 e. The molecule has 0 aliphatic carbocycles. The van der Waals surface area contributed by atoms with Gasteiger partial charge in [0.05, 0.1) is 4.88 Å². The lowest BCUT2D eigenvalue weighted by atomic mass is 10.1. The molecule has 1 aliphatic heterocycles. The van der Waals surface area contributed by atoms with Gasteiger partial charge in [-0.2, -0.15) is 0 Å². The van der Waals surface area contributed by atoms with Crippen LogP contribution in [0.25, 0.3) is 10.4 Å². The third-order valence-corrected chi connectivity index (χ3v) is 4.74. The van der Waals surface area contributed by atoms with Crippen LogP contribution in [0.15, 0.2) is 22.7 Å². The van der Waals surface area contributed by atoms with E-state index in [-0.39, 0.29) is 0 Å². The van der Waals surface area contributed by atoms with E-state index in [2.05, 4.69) is 28.9 Å². The maximum absolute atomic E-state index is 6.11. The molecule has 18 heavy (non-hydrogen) atoms. The summed E-state index contributed by atoms with van der Waals surface area (Å²) in [6.45, 7) is 3.24. The highest BCUT2D eigenvalue weighted by Crippen LogP contribution is 2.44. The Morgan fingerprint density at radius 2 is 1.83 bits per heavy atom. The maximum atomic E-state index is 6.11. The number of halogens is 1. The zero-order valence-corrected chi connectivity index (χ0v) is 12.2. The minimum Gasteiger partial charge on any atom is -0.486 e. The number of rotatable bonds is 1. The lowest BCUT2D eigenvalue weighted by Crippen LogP contribution is -2.15. The Hall–Kier alpha value is -1.20. The lowest BCUT2D eigenvalue weighted by molar-refractivity contribution is 0.172. The van der Waals surface area contributed by atoms with Crippen molar-refractivity contribution in [1.82, 2.24) is 0 Å². The number of aryl methyl sites for hydroxylation is 1. The molecule has 0 saturated heterocycles. The fourth-order valence-electron chi connectivity index (χ4n) is 1.97. The number of nitrogen functional groups attached to an aromatic ring is 1. The largest absolute Gasteiger partial charge is 0.486 e. The van der Waals surface area contributed by atoms with Crippen LogP contribution in [0.2, 0.25) is 0 Å². The fraction of sp³-hybridized carbons (Fsp3) is 0.231. The quantitative estimate of drug-likeness (QED) is 0.810. The van der Waals surface area contributed by atoms with Gasteiger partial charge in [-0.15, -0.1) is 11.3 Å². The van der Waals surface area contributed by atoms with E-state index in [9.17, 15) is 0 Å². The Labute approximate surface area is 118 Å². The summed E-state index contributed by atoms with van der Waals surface area (Å²) in [4.78, 5) is 2.37. The van der Waals surface area contributed by atoms with Gasteiger partial charge in [0, 0.05) is 26.7 Å². The van der Waals surface area contributed by atoms with Crippen molar-refractivity contribution in [3.05, 3.63) is 27.5 Å². The lowest BCUT2D eigenvalue weighted by Gasteiger charge is -2.20. The summed E-state index contributed by atoms with van der Waals surface area (Å²) in [5, 5.41) is 0. The minimum absolute atomic E-state index is 0.577. The summed E-state index contributed by atoms with van der Waals surface area (Å²) in [6.07, 6.45) is 0. The van der Waals surface area contributed by atoms with E-state index in [4.69, 9.17) is 15.2 Å². The van der Waals surface area contributed by atoms with Crippen LogP contribution in [0.5, 0.6) is 11.5 Å². The molecule has 3 rings (SSSR count). The zero-order chi connectivity index (χ0) is 12.7. The SMILES string of the molecule is Cc1cc(Br)c(-c2cc3c(cc2N)OCCO3)s1. The molecule has 94 valence electrons. The first-order chi connectivity index (χ1) is 8.65. The number of nitrogens with two attached hydrogens (primary N) is 1. The second kappa shape index (κ2) is 4.48. The van der Waals surface area contributed by atoms with Gasteiger partial charge in [0.15, 0.2) is 11.5 Å². The van der Waals surface area contributed by atoms with Gasteiger partial charge >= 0.3 is 0 Å². The Kier molecular flexibility index (Phi) is 2.95. The van der Waals surface area contributed by atoms with Gasteiger partial charge in [-0.3, -0.25) is 0 Å². The number of hydrogen-bond acceptors (Lipinski definition) is 4. The Morgan fingerprint density at radius 1 is 1.17 bits per heavy atom. The highest BCUT2D eigenvalue weighted by atomic mass is 79.9. The summed E-state index contributed by atoms with van der Waals surface area (Å²) in [7, 11) is 0. The Balaban J connectivity index is 2.15. The molecular weight excluding hydrogens is 314 g/mol. The van der Waals surface area contributed by atoms with E-state index in [1.54, 1.807) is 11.3 Å². The van der Waals surface area contributed by atoms with Crippen LogP contribution in [-0.2, 0) is 0 Å². The molecule has 5 heteroatoms. The minimum atomic E-state index is 0.577. The molecule has 3 nitrogen and oxygen atoms in total. The van der Waals surface area contributed by atoms with Gasteiger partial charge < -0.3 is 15.2 Å². The molecule has 0 saturated carbocycles. The second-order valence-corrected chi connectivity index (χ2v) is 6.23. The smallest absolute Gasteiger partial charge is 0.163 e. The molecule has 0 fully saturated rings. The zero-order valence-electron chi connectivity index (χ0n) is 9.83. The van der Waals surface area contributed by atoms with Crippen LogP contribution in [0.3, 0.4) is 0 Å². The highest BCUT2D eigenvalue weighted by molar-refractivity contribution is 9.10. The van der Waals surface area contributed by atoms with E-state index in [0.29, 0.717) is 18.9 Å². The van der Waals surface area contributed by atoms with Crippen LogP contribution in [0.1, 0.15) is 4.88 Å². The average molecular weight is 326 g/mol. The van der Waals surface area contributed by atoms with Crippen molar-refractivity contribution >= 4 is 33.0 Å². The summed E-state index contributed by atoms with van der Waals surface area (Å²) in [6, 6.07) is 5.89. The topological polar surface area (TPSA) is 44.5 Å². The Morgan fingerprint density at radius 3 is 2.44 bits per heavy atom. The van der Waals surface area contributed by atoms with Crippen LogP contribution < -0.4 is 15.2 Å². The molecule has 1 aromatic carbocycles. The van der Waals surface area contributed by atoms with Gasteiger partial charge in [-0.1, -0.05) is 0 Å². The van der Waals surface area contributed by atoms with Gasteiger partial charge in [-0.25, -0.2) is 0 Å². The van der Waals surface area contributed by atoms with Crippen molar-refractivity contribution in [3.8, 4) is 21.9 Å². The van der Waals surface area contributed by atoms with Gasteiger partial charge in [-0.05, 0) is 35.0 Å². The Bertz CT molecular complexity index is 609. The highest BCUT2D eigenvalue weighted by Gasteiger charge is 2.17. The van der Waals surface area contributed by atoms with Crippen molar-refractivity contribution in [2.24, 2.45) is 0 Å². The molecule has 0 atom stereocenters. The van der Waals surface area contributed by atoms with E-state index in [1.165, 1.54) is 4.88 Å². The molecule has 2 heterocycles. The first-order valence-corrected chi connectivity index (χ1v) is 7.21. The van der Waals surface area contributed by atoms with Crippen molar-refractivity contribution < 1.29 is 9.47 Å². The van der Waals surface area contributed by atoms with E-state index in [1.807, 2.05) is 12.1 Å². The molecule has 2 aromatic rings. The molecule has 1 aliphatic rings. The molecule has 1 aromatic heterocycles. The molecule has 0 spiro atoms. The fourth-order valence-corrected chi connectivity index (χ4v) is 3.86. The first-order valence-electron chi connectivity index (χ1n) is 5.60. The summed E-state index contributed by atoms with van der Waals surface area (Å²) in [5.74, 6) is 1.50. The monoisotopic (exact) mass is 325 g/mol. The molecular formula is C13H12BrNO2S. The third kappa shape index (κ3) is 1.97. The van der Waals surface area contributed by atoms with Gasteiger partial charge in [0.1, 0.15) is 13.2 Å². The normalized spacial score (nSPS) is 13.7. The number of thiophene rings is 1. The second-order valence-electron chi connectivity index (χ2n) is 4.12. The number of fused-ring (bicyclic) bond motifs is 1. The number of ether oxygens (including phenoxy) is 2. The number of benzene rings is 1. The predicted octanol–water partition coefficient (Wildman–Crippen LogP) is 3.84. The summed E-state index contributed by atoms with van der Waals surface area (Å²) < 4.78 is 12.2. The first kappa shape index (κ1) is 11.9. The third-order valence-electron chi connectivity index (χ3n) is 2.77. The van der Waals surface area contributed by atoms with E-state index >= 15 is 0 Å². The standard InChI is InChI=1S/C13H12BrNO2S/c1-7-4-9(14)13(18-7)8-5-11-12(6-10(8)15)17-3-2-16-11/h4-6H,2-3,15H2,1H3. The van der Waals surface area contributed by atoms with Gasteiger partial charge in [0.2, 0.25) is 0 Å². The van der Waals surface area contributed by atoms with Crippen LogP contribution in [0.4, 0.5) is 5.69 Å². The van der Waals surface area contributed by atoms with Crippen molar-refractivity contribution in [2.75, 3.05) is 18.9 Å². The molecule has 0 amide bonds. The van der Waals surface area contributed by atoms with Crippen molar-refractivity contribution in [1.29, 1.82) is 0 Å². The molecule has 2 N–H and O–H groups in total. The summed E-state index contributed by atoms with van der Waals surface area (Å²) in [5.41, 5.74) is 7.81. The average Bonchev–Trinajstić information content (AvgIpc) is 2.67. The van der Waals surface area contributed by atoms with Crippen LogP contribution in [0, 0.1) is 6.92 Å². The van der Waals surface area contributed by atoms with Gasteiger partial charge in [0.25, 0.3) is 0 Å². The summed E-state index contributed by atoms with van der Waals surface area (Å²) >= 11 is 5.28. The predicted molar refractivity (Wildman–Crippen MR) is 77.6 cm³/mol. The van der Waals surface area contributed by atoms with Crippen LogP contribution in [-0.4, -0.2) is 13.2 Å². The molecule has 0 radical (unpaired) electrons. The van der Waals surface area contributed by atoms with Crippen molar-refractivity contribution in [3.63, 3.8) is 0 Å². The van der Waals surface area contributed by atoms with Crippen LogP contribution >= 0.6 is 27.3 Å². The van der Waals surface area contributed by atoms with Crippen molar-refractivity contribution in [2.45, 2.75) is 6.92 Å². The number of hydrogen-bond donors (Lipinski definition) is 1. The van der Waals surface area contributed by atoms with E-state index < -0.39 is 0 Å². The van der Waals surface area contributed by atoms with E-state index in [0.717, 1.165) is 26.4 Å². The number of anilines is 1. The molecule has 0 unspecified atom stereocenters.